The molecule has 0 saturated carbocycles. The van der Waals surface area contributed by atoms with Gasteiger partial charge in [-0.05, 0) is 47.4 Å². The third-order valence-electron chi connectivity index (χ3n) is 10.1. The highest BCUT2D eigenvalue weighted by atomic mass is 15.2. The normalized spacial score (nSPS) is 14.3. The minimum absolute atomic E-state index is 0.255. The number of aromatic nitrogens is 5. The van der Waals surface area contributed by atoms with Crippen molar-refractivity contribution in [2.24, 2.45) is 0 Å². The molecule has 1 unspecified atom stereocenters. The van der Waals surface area contributed by atoms with Gasteiger partial charge in [0.2, 0.25) is 5.95 Å². The smallest absolute Gasteiger partial charge is 0.238 e. The maximum Gasteiger partial charge on any atom is 0.238 e. The first-order valence-electron chi connectivity index (χ1n) is 17.7. The Balaban J connectivity index is 1.02. The first kappa shape index (κ1) is 30.0. The van der Waals surface area contributed by atoms with Crippen LogP contribution < -0.4 is 0 Å². The summed E-state index contributed by atoms with van der Waals surface area (Å²) in [7, 11) is 0. The van der Waals surface area contributed by atoms with Crippen LogP contribution >= 0.6 is 0 Å². The molecular weight excluding hydrogens is 635 g/mol. The number of para-hydroxylation sites is 3. The van der Waals surface area contributed by atoms with Gasteiger partial charge in [-0.3, -0.25) is 4.57 Å². The third-order valence-corrected chi connectivity index (χ3v) is 10.1. The molecule has 3 heterocycles. The number of allylic oxidation sites excluding steroid dienone is 4. The average Bonchev–Trinajstić information content (AvgIpc) is 3.78. The van der Waals surface area contributed by atoms with Gasteiger partial charge < -0.3 is 4.57 Å². The van der Waals surface area contributed by atoms with Crippen LogP contribution in [0.5, 0.6) is 0 Å². The van der Waals surface area contributed by atoms with E-state index in [9.17, 15) is 0 Å². The van der Waals surface area contributed by atoms with E-state index in [4.69, 9.17) is 15.0 Å². The van der Waals surface area contributed by atoms with Crippen molar-refractivity contribution in [2.75, 3.05) is 0 Å². The molecule has 3 aromatic heterocycles. The Morgan fingerprint density at radius 2 is 1.02 bits per heavy atom. The van der Waals surface area contributed by atoms with Gasteiger partial charge in [-0.15, -0.1) is 0 Å². The zero-order valence-corrected chi connectivity index (χ0v) is 28.3. The maximum atomic E-state index is 5.09. The Bertz CT molecular complexity index is 2700. The summed E-state index contributed by atoms with van der Waals surface area (Å²) in [5.41, 5.74) is 10.0. The number of hydrogen-bond acceptors (Lipinski definition) is 3. The van der Waals surface area contributed by atoms with Crippen molar-refractivity contribution < 1.29 is 0 Å². The summed E-state index contributed by atoms with van der Waals surface area (Å²) in [5, 5.41) is 3.73. The summed E-state index contributed by atoms with van der Waals surface area (Å²) >= 11 is 0. The lowest BCUT2D eigenvalue weighted by atomic mass is 9.95. The molecule has 0 radical (unpaired) electrons. The Morgan fingerprint density at radius 1 is 0.481 bits per heavy atom. The zero-order chi connectivity index (χ0) is 34.4. The first-order valence-corrected chi connectivity index (χ1v) is 17.7. The second kappa shape index (κ2) is 12.5. The Labute approximate surface area is 301 Å². The molecule has 0 spiro atoms. The number of rotatable bonds is 6. The van der Waals surface area contributed by atoms with E-state index in [0.29, 0.717) is 17.6 Å². The molecule has 0 N–H and O–H groups in total. The second-order valence-corrected chi connectivity index (χ2v) is 13.2. The largest absolute Gasteiger partial charge is 0.333 e. The fourth-order valence-corrected chi connectivity index (χ4v) is 7.64. The maximum absolute atomic E-state index is 5.09. The minimum atomic E-state index is 0.255. The molecule has 6 aromatic carbocycles. The average molecular weight is 668 g/mol. The molecule has 9 aromatic rings. The van der Waals surface area contributed by atoms with Gasteiger partial charge >= 0.3 is 0 Å². The summed E-state index contributed by atoms with van der Waals surface area (Å²) in [5.74, 6) is 1.86. The Morgan fingerprint density at radius 3 is 1.62 bits per heavy atom. The van der Waals surface area contributed by atoms with Crippen molar-refractivity contribution in [1.29, 1.82) is 0 Å². The zero-order valence-electron chi connectivity index (χ0n) is 28.3. The van der Waals surface area contributed by atoms with Gasteiger partial charge in [0.25, 0.3) is 0 Å². The summed E-state index contributed by atoms with van der Waals surface area (Å²) < 4.78 is 4.66. The predicted molar refractivity (Wildman–Crippen MR) is 213 cm³/mol. The van der Waals surface area contributed by atoms with Crippen molar-refractivity contribution >= 4 is 38.3 Å². The minimum Gasteiger partial charge on any atom is -0.333 e. The molecule has 0 fully saturated rings. The molecule has 5 nitrogen and oxygen atoms in total. The molecule has 1 aliphatic carbocycles. The molecule has 52 heavy (non-hydrogen) atoms. The summed E-state index contributed by atoms with van der Waals surface area (Å²) in [6.07, 6.45) is 7.94. The Hall–Kier alpha value is -6.85. The number of hydrogen-bond donors (Lipinski definition) is 0. The van der Waals surface area contributed by atoms with Crippen molar-refractivity contribution in [1.82, 2.24) is 24.1 Å². The van der Waals surface area contributed by atoms with E-state index >= 15 is 0 Å². The summed E-state index contributed by atoms with van der Waals surface area (Å²) in [6, 6.07) is 57.5. The van der Waals surface area contributed by atoms with Gasteiger partial charge in [0.05, 0.1) is 17.3 Å². The van der Waals surface area contributed by atoms with Crippen molar-refractivity contribution in [3.63, 3.8) is 0 Å². The molecule has 10 rings (SSSR count). The van der Waals surface area contributed by atoms with Crippen molar-refractivity contribution in [2.45, 2.75) is 12.5 Å². The van der Waals surface area contributed by atoms with Crippen LogP contribution in [-0.2, 0) is 0 Å². The van der Waals surface area contributed by atoms with Crippen molar-refractivity contribution in [3.8, 4) is 40.0 Å². The highest BCUT2D eigenvalue weighted by molar-refractivity contribution is 6.08. The van der Waals surface area contributed by atoms with Crippen LogP contribution in [0.15, 0.2) is 182 Å². The fourth-order valence-electron chi connectivity index (χ4n) is 7.64. The number of benzene rings is 6. The molecule has 0 amide bonds. The van der Waals surface area contributed by atoms with E-state index in [0.717, 1.165) is 39.7 Å². The molecule has 0 bridgehead atoms. The summed E-state index contributed by atoms with van der Waals surface area (Å²) in [6.45, 7) is 0. The lowest BCUT2D eigenvalue weighted by Crippen LogP contribution is -2.08. The second-order valence-electron chi connectivity index (χ2n) is 13.2. The van der Waals surface area contributed by atoms with Gasteiger partial charge in [0.1, 0.15) is 0 Å². The molecule has 5 heteroatoms. The van der Waals surface area contributed by atoms with E-state index in [1.807, 2.05) is 60.7 Å². The molecular formula is C47H33N5. The van der Waals surface area contributed by atoms with E-state index in [2.05, 4.69) is 130 Å². The van der Waals surface area contributed by atoms with Gasteiger partial charge in [0, 0.05) is 38.3 Å². The lowest BCUT2D eigenvalue weighted by Gasteiger charge is -2.21. The molecule has 0 saturated heterocycles. The highest BCUT2D eigenvalue weighted by Gasteiger charge is 2.20. The van der Waals surface area contributed by atoms with Gasteiger partial charge in [0.15, 0.2) is 11.6 Å². The van der Waals surface area contributed by atoms with E-state index < -0.39 is 0 Å². The molecule has 1 atom stereocenters. The molecule has 246 valence electrons. The van der Waals surface area contributed by atoms with E-state index in [-0.39, 0.29) is 6.04 Å². The van der Waals surface area contributed by atoms with Crippen LogP contribution in [0.2, 0.25) is 0 Å². The third kappa shape index (κ3) is 5.14. The summed E-state index contributed by atoms with van der Waals surface area (Å²) in [4.78, 5) is 15.1. The SMILES string of the molecule is C1=CC(n2c3ccccc3c3ccccc32)CC=C1c1ccc(-c2cc3ccccc3n2-c2nc(-c3ccccc3)nc(-c3ccccc3)n2)cc1. The number of nitrogens with zero attached hydrogens (tertiary/aromatic N) is 5. The van der Waals surface area contributed by atoms with E-state index in [1.54, 1.807) is 0 Å². The predicted octanol–water partition coefficient (Wildman–Crippen LogP) is 11.5. The Kier molecular flexibility index (Phi) is 7.21. The standard InChI is InChI=1S/C47H33N5/c1-3-13-35(14-4-1)45-48-46(36-15-5-2-6-16-36)50-47(49-45)52-41-20-10-7-17-37(41)31-44(52)34-25-23-32(24-26-34)33-27-29-38(30-28-33)51-42-21-11-8-18-39(42)40-19-9-12-22-43(40)51/h1-29,31,38H,30H2. The van der Waals surface area contributed by atoms with Crippen molar-refractivity contribution in [3.05, 3.63) is 188 Å². The van der Waals surface area contributed by atoms with Gasteiger partial charge in [-0.25, -0.2) is 4.98 Å². The van der Waals surface area contributed by atoms with Gasteiger partial charge in [-0.1, -0.05) is 158 Å². The van der Waals surface area contributed by atoms with Crippen LogP contribution in [-0.4, -0.2) is 24.1 Å². The fraction of sp³-hybridized carbons (Fsp3) is 0.0426. The first-order chi connectivity index (χ1) is 25.8. The van der Waals surface area contributed by atoms with Crippen LogP contribution in [0.25, 0.3) is 78.3 Å². The van der Waals surface area contributed by atoms with Gasteiger partial charge in [-0.2, -0.15) is 9.97 Å². The lowest BCUT2D eigenvalue weighted by molar-refractivity contribution is 0.649. The van der Waals surface area contributed by atoms with E-state index in [1.165, 1.54) is 32.9 Å². The molecule has 0 aliphatic heterocycles. The van der Waals surface area contributed by atoms with Crippen LogP contribution in [0.4, 0.5) is 0 Å². The monoisotopic (exact) mass is 667 g/mol. The molecule has 1 aliphatic rings. The highest BCUT2D eigenvalue weighted by Crippen LogP contribution is 2.37. The van der Waals surface area contributed by atoms with Crippen LogP contribution in [0.1, 0.15) is 18.0 Å². The van der Waals surface area contributed by atoms with Crippen LogP contribution in [0.3, 0.4) is 0 Å². The van der Waals surface area contributed by atoms with Crippen LogP contribution in [0, 0.1) is 0 Å². The number of fused-ring (bicyclic) bond motifs is 4. The quantitative estimate of drug-likeness (QED) is 0.177. The topological polar surface area (TPSA) is 48.5 Å².